The summed E-state index contributed by atoms with van der Waals surface area (Å²) in [6, 6.07) is 4.45. The molecule has 5 nitrogen and oxygen atoms in total. The van der Waals surface area contributed by atoms with Gasteiger partial charge >= 0.3 is 0 Å². The molecule has 1 saturated heterocycles. The predicted octanol–water partition coefficient (Wildman–Crippen LogP) is 1.25. The standard InChI is InChI=1S/C12H18ClN3O2S2/c13-11-2-1-10(14)9-12(11)20(17,18)15-3-4-16-5-7-19-8-6-16/h1-2,9,15H,3-8,14H2. The Kier molecular flexibility index (Phi) is 5.57. The zero-order valence-corrected chi connectivity index (χ0v) is 13.4. The molecule has 0 unspecified atom stereocenters. The van der Waals surface area contributed by atoms with Crippen molar-refractivity contribution in [2.45, 2.75) is 4.90 Å². The first-order valence-electron chi connectivity index (χ1n) is 6.34. The lowest BCUT2D eigenvalue weighted by Gasteiger charge is -2.26. The molecule has 0 spiro atoms. The highest BCUT2D eigenvalue weighted by molar-refractivity contribution is 7.99. The van der Waals surface area contributed by atoms with Crippen molar-refractivity contribution in [1.82, 2.24) is 9.62 Å². The third-order valence-electron chi connectivity index (χ3n) is 3.07. The van der Waals surface area contributed by atoms with Gasteiger partial charge in [0.25, 0.3) is 0 Å². The van der Waals surface area contributed by atoms with Crippen LogP contribution in [0, 0.1) is 0 Å². The normalized spacial score (nSPS) is 17.2. The number of hydrogen-bond acceptors (Lipinski definition) is 5. The molecule has 0 bridgehead atoms. The van der Waals surface area contributed by atoms with Crippen molar-refractivity contribution in [3.8, 4) is 0 Å². The molecule has 1 fully saturated rings. The number of halogens is 1. The molecular formula is C12H18ClN3O2S2. The SMILES string of the molecule is Nc1ccc(Cl)c(S(=O)(=O)NCCN2CCSCC2)c1. The van der Waals surface area contributed by atoms with Crippen molar-refractivity contribution in [2.24, 2.45) is 0 Å². The van der Waals surface area contributed by atoms with E-state index < -0.39 is 10.0 Å². The largest absolute Gasteiger partial charge is 0.399 e. The van der Waals surface area contributed by atoms with Gasteiger partial charge in [-0.15, -0.1) is 0 Å². The summed E-state index contributed by atoms with van der Waals surface area (Å²) in [7, 11) is -3.61. The molecule has 0 aromatic heterocycles. The smallest absolute Gasteiger partial charge is 0.242 e. The fraction of sp³-hybridized carbons (Fsp3) is 0.500. The highest BCUT2D eigenvalue weighted by atomic mass is 35.5. The molecule has 1 aliphatic heterocycles. The van der Waals surface area contributed by atoms with Gasteiger partial charge in [-0.3, -0.25) is 0 Å². The monoisotopic (exact) mass is 335 g/mol. The summed E-state index contributed by atoms with van der Waals surface area (Å²) in [5, 5.41) is 0.182. The van der Waals surface area contributed by atoms with Crippen LogP contribution in [-0.4, -0.2) is 51.0 Å². The second-order valence-electron chi connectivity index (χ2n) is 4.54. The number of anilines is 1. The Labute approximate surface area is 128 Å². The summed E-state index contributed by atoms with van der Waals surface area (Å²) >= 11 is 7.85. The zero-order valence-electron chi connectivity index (χ0n) is 11.0. The maximum Gasteiger partial charge on any atom is 0.242 e. The van der Waals surface area contributed by atoms with Crippen LogP contribution in [0.1, 0.15) is 0 Å². The van der Waals surface area contributed by atoms with Gasteiger partial charge in [-0.05, 0) is 18.2 Å². The second-order valence-corrected chi connectivity index (χ2v) is 7.91. The van der Waals surface area contributed by atoms with Crippen LogP contribution >= 0.6 is 23.4 Å². The number of nitrogens with one attached hydrogen (secondary N) is 1. The summed E-state index contributed by atoms with van der Waals surface area (Å²) in [6.45, 7) is 3.09. The first-order chi connectivity index (χ1) is 9.49. The van der Waals surface area contributed by atoms with E-state index in [4.69, 9.17) is 17.3 Å². The molecule has 0 radical (unpaired) electrons. The number of thioether (sulfide) groups is 1. The number of nitrogens with two attached hydrogens (primary N) is 1. The summed E-state index contributed by atoms with van der Waals surface area (Å²) < 4.78 is 26.9. The minimum Gasteiger partial charge on any atom is -0.399 e. The van der Waals surface area contributed by atoms with Gasteiger partial charge in [0.1, 0.15) is 4.90 Å². The molecule has 112 valence electrons. The predicted molar refractivity (Wildman–Crippen MR) is 84.8 cm³/mol. The van der Waals surface area contributed by atoms with Crippen molar-refractivity contribution in [3.63, 3.8) is 0 Å². The van der Waals surface area contributed by atoms with Crippen molar-refractivity contribution in [1.29, 1.82) is 0 Å². The Hall–Kier alpha value is -0.470. The lowest BCUT2D eigenvalue weighted by Crippen LogP contribution is -2.39. The van der Waals surface area contributed by atoms with E-state index in [-0.39, 0.29) is 9.92 Å². The fourth-order valence-electron chi connectivity index (χ4n) is 1.97. The first kappa shape index (κ1) is 15.9. The maximum atomic E-state index is 12.2. The molecule has 0 aliphatic carbocycles. The van der Waals surface area contributed by atoms with Crippen molar-refractivity contribution in [2.75, 3.05) is 43.4 Å². The van der Waals surface area contributed by atoms with E-state index in [1.54, 1.807) is 6.07 Å². The second kappa shape index (κ2) is 7.00. The van der Waals surface area contributed by atoms with Crippen LogP contribution in [0.5, 0.6) is 0 Å². The van der Waals surface area contributed by atoms with Gasteiger partial charge in [0.2, 0.25) is 10.0 Å². The fourth-order valence-corrected chi connectivity index (χ4v) is 4.50. The molecule has 0 saturated carbocycles. The average molecular weight is 336 g/mol. The summed E-state index contributed by atoms with van der Waals surface area (Å²) in [4.78, 5) is 2.29. The Bertz CT molecular complexity index is 560. The number of benzene rings is 1. The van der Waals surface area contributed by atoms with Gasteiger partial charge in [0.15, 0.2) is 0 Å². The summed E-state index contributed by atoms with van der Waals surface area (Å²) in [6.07, 6.45) is 0. The Morgan fingerprint density at radius 1 is 1.35 bits per heavy atom. The van der Waals surface area contributed by atoms with Gasteiger partial charge in [0.05, 0.1) is 5.02 Å². The molecule has 1 aromatic rings. The van der Waals surface area contributed by atoms with E-state index in [2.05, 4.69) is 9.62 Å². The van der Waals surface area contributed by atoms with Gasteiger partial charge in [-0.25, -0.2) is 13.1 Å². The Morgan fingerprint density at radius 3 is 2.75 bits per heavy atom. The number of hydrogen-bond donors (Lipinski definition) is 2. The molecule has 0 amide bonds. The number of nitrogen functional groups attached to an aromatic ring is 1. The van der Waals surface area contributed by atoms with E-state index >= 15 is 0 Å². The third-order valence-corrected chi connectivity index (χ3v) is 5.95. The van der Waals surface area contributed by atoms with Crippen molar-refractivity contribution >= 4 is 39.1 Å². The highest BCUT2D eigenvalue weighted by Crippen LogP contribution is 2.23. The molecular weight excluding hydrogens is 318 g/mol. The first-order valence-corrected chi connectivity index (χ1v) is 9.35. The summed E-state index contributed by atoms with van der Waals surface area (Å²) in [5.74, 6) is 2.21. The van der Waals surface area contributed by atoms with Crippen molar-refractivity contribution in [3.05, 3.63) is 23.2 Å². The molecule has 8 heteroatoms. The van der Waals surface area contributed by atoms with E-state index in [9.17, 15) is 8.42 Å². The minimum atomic E-state index is -3.61. The van der Waals surface area contributed by atoms with Crippen LogP contribution in [0.4, 0.5) is 5.69 Å². The summed E-state index contributed by atoms with van der Waals surface area (Å²) in [5.41, 5.74) is 5.99. The van der Waals surface area contributed by atoms with Crippen LogP contribution in [-0.2, 0) is 10.0 Å². The quantitative estimate of drug-likeness (QED) is 0.792. The van der Waals surface area contributed by atoms with Crippen LogP contribution in [0.25, 0.3) is 0 Å². The highest BCUT2D eigenvalue weighted by Gasteiger charge is 2.18. The van der Waals surface area contributed by atoms with Gasteiger partial charge in [-0.2, -0.15) is 11.8 Å². The van der Waals surface area contributed by atoms with E-state index in [0.29, 0.717) is 18.8 Å². The molecule has 3 N–H and O–H groups in total. The number of sulfonamides is 1. The van der Waals surface area contributed by atoms with Crippen LogP contribution in [0.3, 0.4) is 0 Å². The van der Waals surface area contributed by atoms with Gasteiger partial charge < -0.3 is 10.6 Å². The van der Waals surface area contributed by atoms with Crippen LogP contribution in [0.15, 0.2) is 23.1 Å². The lowest BCUT2D eigenvalue weighted by molar-refractivity contribution is 0.307. The van der Waals surface area contributed by atoms with Crippen LogP contribution in [0.2, 0.25) is 5.02 Å². The topological polar surface area (TPSA) is 75.4 Å². The van der Waals surface area contributed by atoms with E-state index in [1.807, 2.05) is 11.8 Å². The molecule has 2 rings (SSSR count). The Balaban J connectivity index is 1.95. The van der Waals surface area contributed by atoms with Gasteiger partial charge in [0, 0.05) is 43.4 Å². The molecule has 1 aromatic carbocycles. The average Bonchev–Trinajstić information content (AvgIpc) is 2.42. The molecule has 1 heterocycles. The van der Waals surface area contributed by atoms with E-state index in [1.165, 1.54) is 12.1 Å². The van der Waals surface area contributed by atoms with Crippen LogP contribution < -0.4 is 10.5 Å². The number of nitrogens with zero attached hydrogens (tertiary/aromatic N) is 1. The van der Waals surface area contributed by atoms with Gasteiger partial charge in [-0.1, -0.05) is 11.6 Å². The third kappa shape index (κ3) is 4.26. The Morgan fingerprint density at radius 2 is 2.05 bits per heavy atom. The van der Waals surface area contributed by atoms with E-state index in [0.717, 1.165) is 24.6 Å². The molecule has 0 atom stereocenters. The zero-order chi connectivity index (χ0) is 14.6. The molecule has 1 aliphatic rings. The number of rotatable bonds is 5. The maximum absolute atomic E-state index is 12.2. The minimum absolute atomic E-state index is 0.0355. The lowest BCUT2D eigenvalue weighted by atomic mass is 10.3. The molecule has 20 heavy (non-hydrogen) atoms. The van der Waals surface area contributed by atoms with Crippen molar-refractivity contribution < 1.29 is 8.42 Å².